The lowest BCUT2D eigenvalue weighted by Crippen LogP contribution is -2.52. The molecule has 0 aromatic carbocycles. The molecule has 3 aliphatic rings. The van der Waals surface area contributed by atoms with Crippen molar-refractivity contribution in [3.63, 3.8) is 0 Å². The SMILES string of the molecule is C[C@H](C(=O)N1CCOCC1)N1CCC(c2nnc3n2CCC3)CC1. The minimum Gasteiger partial charge on any atom is -0.378 e. The average Bonchev–Trinajstić information content (AvgIpc) is 3.25. The van der Waals surface area contributed by atoms with E-state index in [0.717, 1.165) is 57.8 Å². The number of carbonyl (C=O) groups is 1. The summed E-state index contributed by atoms with van der Waals surface area (Å²) in [6.07, 6.45) is 4.40. The summed E-state index contributed by atoms with van der Waals surface area (Å²) < 4.78 is 7.67. The summed E-state index contributed by atoms with van der Waals surface area (Å²) in [5, 5.41) is 8.79. The molecular formula is C17H27N5O2. The summed E-state index contributed by atoms with van der Waals surface area (Å²) in [5.74, 6) is 3.07. The highest BCUT2D eigenvalue weighted by molar-refractivity contribution is 5.81. The van der Waals surface area contributed by atoms with Crippen LogP contribution in [0.25, 0.3) is 0 Å². The highest BCUT2D eigenvalue weighted by Crippen LogP contribution is 2.30. The van der Waals surface area contributed by atoms with E-state index in [1.165, 1.54) is 12.2 Å². The van der Waals surface area contributed by atoms with Gasteiger partial charge in [0, 0.05) is 32.0 Å². The fourth-order valence-electron chi connectivity index (χ4n) is 4.22. The Kier molecular flexibility index (Phi) is 4.54. The monoisotopic (exact) mass is 333 g/mol. The zero-order chi connectivity index (χ0) is 16.5. The van der Waals surface area contributed by atoms with Crippen LogP contribution in [0.2, 0.25) is 0 Å². The molecule has 1 amide bonds. The van der Waals surface area contributed by atoms with Gasteiger partial charge in [-0.25, -0.2) is 0 Å². The average molecular weight is 333 g/mol. The van der Waals surface area contributed by atoms with Crippen molar-refractivity contribution < 1.29 is 9.53 Å². The number of nitrogens with zero attached hydrogens (tertiary/aromatic N) is 5. The third-order valence-electron chi connectivity index (χ3n) is 5.76. The van der Waals surface area contributed by atoms with Gasteiger partial charge in [-0.15, -0.1) is 10.2 Å². The molecule has 0 bridgehead atoms. The Bertz CT molecular complexity index is 588. The van der Waals surface area contributed by atoms with Crippen LogP contribution in [0.1, 0.15) is 43.8 Å². The zero-order valence-corrected chi connectivity index (χ0v) is 14.5. The van der Waals surface area contributed by atoms with Gasteiger partial charge in [-0.2, -0.15) is 0 Å². The highest BCUT2D eigenvalue weighted by atomic mass is 16.5. The van der Waals surface area contributed by atoms with E-state index in [1.54, 1.807) is 0 Å². The van der Waals surface area contributed by atoms with E-state index in [4.69, 9.17) is 4.74 Å². The van der Waals surface area contributed by atoms with Crippen molar-refractivity contribution in [2.45, 2.75) is 51.1 Å². The van der Waals surface area contributed by atoms with Crippen LogP contribution in [0, 0.1) is 0 Å². The number of amides is 1. The number of hydrogen-bond acceptors (Lipinski definition) is 5. The van der Waals surface area contributed by atoms with E-state index in [-0.39, 0.29) is 11.9 Å². The van der Waals surface area contributed by atoms with Gasteiger partial charge >= 0.3 is 0 Å². The molecular weight excluding hydrogens is 306 g/mol. The van der Waals surface area contributed by atoms with Gasteiger partial charge in [0.05, 0.1) is 19.3 Å². The molecule has 7 nitrogen and oxygen atoms in total. The smallest absolute Gasteiger partial charge is 0.239 e. The fourth-order valence-corrected chi connectivity index (χ4v) is 4.22. The van der Waals surface area contributed by atoms with E-state index in [0.29, 0.717) is 19.1 Å². The summed E-state index contributed by atoms with van der Waals surface area (Å²) in [7, 11) is 0. The number of hydrogen-bond donors (Lipinski definition) is 0. The number of ether oxygens (including phenoxy) is 1. The molecule has 1 atom stereocenters. The molecule has 0 spiro atoms. The van der Waals surface area contributed by atoms with Crippen LogP contribution in [-0.4, -0.2) is 75.9 Å². The normalized spacial score (nSPS) is 24.1. The quantitative estimate of drug-likeness (QED) is 0.813. The van der Waals surface area contributed by atoms with Gasteiger partial charge in [0.1, 0.15) is 11.6 Å². The van der Waals surface area contributed by atoms with E-state index in [1.807, 2.05) is 11.8 Å². The lowest BCUT2D eigenvalue weighted by atomic mass is 9.94. The maximum absolute atomic E-state index is 12.7. The summed E-state index contributed by atoms with van der Waals surface area (Å²) in [6, 6.07) is -0.0341. The predicted octanol–water partition coefficient (Wildman–Crippen LogP) is 0.651. The first-order chi connectivity index (χ1) is 11.7. The molecule has 0 aliphatic carbocycles. The fraction of sp³-hybridized carbons (Fsp3) is 0.824. The van der Waals surface area contributed by atoms with Crippen LogP contribution in [-0.2, 0) is 22.5 Å². The molecule has 1 aromatic heterocycles. The molecule has 0 saturated carbocycles. The molecule has 4 rings (SSSR count). The number of aromatic nitrogens is 3. The van der Waals surface area contributed by atoms with Gasteiger partial charge in [-0.3, -0.25) is 9.69 Å². The van der Waals surface area contributed by atoms with Crippen molar-refractivity contribution in [3.05, 3.63) is 11.6 Å². The molecule has 24 heavy (non-hydrogen) atoms. The second kappa shape index (κ2) is 6.80. The van der Waals surface area contributed by atoms with E-state index >= 15 is 0 Å². The van der Waals surface area contributed by atoms with Crippen LogP contribution in [0.3, 0.4) is 0 Å². The Morgan fingerprint density at radius 1 is 1.12 bits per heavy atom. The van der Waals surface area contributed by atoms with Crippen molar-refractivity contribution in [1.82, 2.24) is 24.6 Å². The van der Waals surface area contributed by atoms with E-state index in [2.05, 4.69) is 19.7 Å². The first kappa shape index (κ1) is 16.0. The molecule has 0 unspecified atom stereocenters. The maximum atomic E-state index is 12.7. The minimum atomic E-state index is -0.0341. The summed E-state index contributed by atoms with van der Waals surface area (Å²) >= 11 is 0. The van der Waals surface area contributed by atoms with Crippen LogP contribution < -0.4 is 0 Å². The summed E-state index contributed by atoms with van der Waals surface area (Å²) in [6.45, 7) is 7.83. The molecule has 132 valence electrons. The van der Waals surface area contributed by atoms with Gasteiger partial charge < -0.3 is 14.2 Å². The molecule has 2 saturated heterocycles. The van der Waals surface area contributed by atoms with Crippen LogP contribution in [0.5, 0.6) is 0 Å². The largest absolute Gasteiger partial charge is 0.378 e. The van der Waals surface area contributed by atoms with Crippen LogP contribution in [0.15, 0.2) is 0 Å². The number of carbonyl (C=O) groups excluding carboxylic acids is 1. The van der Waals surface area contributed by atoms with Crippen molar-refractivity contribution in [1.29, 1.82) is 0 Å². The second-order valence-corrected chi connectivity index (χ2v) is 7.15. The Balaban J connectivity index is 1.34. The van der Waals surface area contributed by atoms with Crippen LogP contribution in [0.4, 0.5) is 0 Å². The van der Waals surface area contributed by atoms with E-state index < -0.39 is 0 Å². The van der Waals surface area contributed by atoms with Crippen molar-refractivity contribution in [3.8, 4) is 0 Å². The topological polar surface area (TPSA) is 63.5 Å². The standard InChI is InChI=1S/C17H27N5O2/c1-13(17(23)21-9-11-24-12-10-21)20-7-4-14(5-8-20)16-19-18-15-3-2-6-22(15)16/h13-14H,2-12H2,1H3/t13-/m1/s1. The first-order valence-electron chi connectivity index (χ1n) is 9.26. The van der Waals surface area contributed by atoms with Gasteiger partial charge in [0.25, 0.3) is 0 Å². The molecule has 7 heteroatoms. The highest BCUT2D eigenvalue weighted by Gasteiger charge is 2.32. The van der Waals surface area contributed by atoms with Gasteiger partial charge in [0.2, 0.25) is 5.91 Å². The molecule has 3 aliphatic heterocycles. The van der Waals surface area contributed by atoms with Gasteiger partial charge in [-0.05, 0) is 39.3 Å². The Morgan fingerprint density at radius 2 is 1.88 bits per heavy atom. The number of fused-ring (bicyclic) bond motifs is 1. The number of likely N-dealkylation sites (tertiary alicyclic amines) is 1. The minimum absolute atomic E-state index is 0.0341. The van der Waals surface area contributed by atoms with E-state index in [9.17, 15) is 4.79 Å². The number of morpholine rings is 1. The Hall–Kier alpha value is -1.47. The van der Waals surface area contributed by atoms with Gasteiger partial charge in [-0.1, -0.05) is 0 Å². The molecule has 1 aromatic rings. The lowest BCUT2D eigenvalue weighted by Gasteiger charge is -2.38. The first-order valence-corrected chi connectivity index (χ1v) is 9.26. The molecule has 0 N–H and O–H groups in total. The maximum Gasteiger partial charge on any atom is 0.239 e. The Morgan fingerprint density at radius 3 is 2.62 bits per heavy atom. The predicted molar refractivity (Wildman–Crippen MR) is 88.8 cm³/mol. The Labute approximate surface area is 143 Å². The summed E-state index contributed by atoms with van der Waals surface area (Å²) in [5.41, 5.74) is 0. The number of rotatable bonds is 3. The van der Waals surface area contributed by atoms with Crippen molar-refractivity contribution >= 4 is 5.91 Å². The zero-order valence-electron chi connectivity index (χ0n) is 14.5. The molecule has 2 fully saturated rings. The number of aryl methyl sites for hydroxylation is 1. The van der Waals surface area contributed by atoms with Gasteiger partial charge in [0.15, 0.2) is 0 Å². The third-order valence-corrected chi connectivity index (χ3v) is 5.76. The molecule has 0 radical (unpaired) electrons. The van der Waals surface area contributed by atoms with Crippen LogP contribution >= 0.6 is 0 Å². The number of piperidine rings is 1. The van der Waals surface area contributed by atoms with Crippen molar-refractivity contribution in [2.75, 3.05) is 39.4 Å². The molecule has 4 heterocycles. The lowest BCUT2D eigenvalue weighted by molar-refractivity contribution is -0.141. The second-order valence-electron chi connectivity index (χ2n) is 7.15. The third kappa shape index (κ3) is 2.95. The summed E-state index contributed by atoms with van der Waals surface area (Å²) in [4.78, 5) is 16.9. The van der Waals surface area contributed by atoms with Crippen molar-refractivity contribution in [2.24, 2.45) is 0 Å².